The highest BCUT2D eigenvalue weighted by Crippen LogP contribution is 2.37. The van der Waals surface area contributed by atoms with Gasteiger partial charge in [-0.2, -0.15) is 12.7 Å². The van der Waals surface area contributed by atoms with E-state index in [1.165, 1.54) is 14.2 Å². The Balaban J connectivity index is 2.49. The first-order valence-electron chi connectivity index (χ1n) is 6.74. The second-order valence-electron chi connectivity index (χ2n) is 5.34. The molecule has 0 aromatic heterocycles. The van der Waals surface area contributed by atoms with E-state index >= 15 is 0 Å². The number of carbonyl (C=O) groups is 1. The number of rotatable bonds is 8. The van der Waals surface area contributed by atoms with Crippen molar-refractivity contribution in [3.63, 3.8) is 0 Å². The largest absolute Gasteiger partial charge is 0.469 e. The summed E-state index contributed by atoms with van der Waals surface area (Å²) in [5.41, 5.74) is -0.337. The van der Waals surface area contributed by atoms with Gasteiger partial charge in [0.05, 0.1) is 13.5 Å². The van der Waals surface area contributed by atoms with Gasteiger partial charge in [-0.15, -0.1) is 0 Å². The van der Waals surface area contributed by atoms with Crippen molar-refractivity contribution in [3.8, 4) is 0 Å². The molecule has 0 atom stereocenters. The topological polar surface area (TPSA) is 95.9 Å². The molecule has 1 aliphatic rings. The van der Waals surface area contributed by atoms with E-state index in [0.717, 1.165) is 30.0 Å². The van der Waals surface area contributed by atoms with Gasteiger partial charge in [0.2, 0.25) is 0 Å². The second-order valence-corrected chi connectivity index (χ2v) is 7.20. The number of aliphatic hydroxyl groups excluding tert-OH is 1. The molecular formula is C12H24N2O5S. The smallest absolute Gasteiger partial charge is 0.306 e. The summed E-state index contributed by atoms with van der Waals surface area (Å²) in [7, 11) is -0.963. The average molecular weight is 308 g/mol. The molecule has 0 bridgehead atoms. The van der Waals surface area contributed by atoms with E-state index in [1.807, 2.05) is 0 Å². The van der Waals surface area contributed by atoms with E-state index in [9.17, 15) is 18.3 Å². The number of carbonyl (C=O) groups excluding carboxylic acids is 1. The van der Waals surface area contributed by atoms with E-state index < -0.39 is 16.2 Å². The van der Waals surface area contributed by atoms with Crippen LogP contribution in [0, 0.1) is 5.41 Å². The fraction of sp³-hybridized carbons (Fsp3) is 0.917. The van der Waals surface area contributed by atoms with Crippen LogP contribution in [-0.2, 0) is 19.7 Å². The van der Waals surface area contributed by atoms with Gasteiger partial charge in [0.25, 0.3) is 10.2 Å². The standard InChI is InChI=1S/C12H24N2O5S/c1-14(8-5-11(16)19-2)20(17,18)13-9-12(10-15)6-3-4-7-12/h13,15H,3-10H2,1-2H3. The maximum atomic E-state index is 12.0. The van der Waals surface area contributed by atoms with Crippen molar-refractivity contribution in [2.75, 3.05) is 33.9 Å². The first-order valence-corrected chi connectivity index (χ1v) is 8.18. The zero-order chi connectivity index (χ0) is 15.2. The van der Waals surface area contributed by atoms with E-state index in [0.29, 0.717) is 0 Å². The van der Waals surface area contributed by atoms with Gasteiger partial charge in [0.15, 0.2) is 0 Å². The maximum absolute atomic E-state index is 12.0. The van der Waals surface area contributed by atoms with E-state index in [4.69, 9.17) is 0 Å². The second kappa shape index (κ2) is 7.35. The van der Waals surface area contributed by atoms with Gasteiger partial charge >= 0.3 is 5.97 Å². The van der Waals surface area contributed by atoms with Crippen LogP contribution in [0.4, 0.5) is 0 Å². The number of hydrogen-bond donors (Lipinski definition) is 2. The molecule has 1 fully saturated rings. The molecule has 0 aromatic rings. The van der Waals surface area contributed by atoms with Crippen LogP contribution in [0.1, 0.15) is 32.1 Å². The molecule has 0 amide bonds. The Bertz CT molecular complexity index is 418. The molecule has 118 valence electrons. The fourth-order valence-corrected chi connectivity index (χ4v) is 3.38. The number of hydrogen-bond acceptors (Lipinski definition) is 5. The van der Waals surface area contributed by atoms with Crippen LogP contribution in [0.3, 0.4) is 0 Å². The SMILES string of the molecule is COC(=O)CCN(C)S(=O)(=O)NCC1(CO)CCCC1. The highest BCUT2D eigenvalue weighted by molar-refractivity contribution is 7.87. The molecule has 0 heterocycles. The van der Waals surface area contributed by atoms with Crippen molar-refractivity contribution >= 4 is 16.2 Å². The summed E-state index contributed by atoms with van der Waals surface area (Å²) in [5, 5.41) is 9.45. The predicted octanol–water partition coefficient (Wildman–Crippen LogP) is -0.132. The first-order chi connectivity index (χ1) is 9.35. The maximum Gasteiger partial charge on any atom is 0.306 e. The molecule has 7 nitrogen and oxygen atoms in total. The monoisotopic (exact) mass is 308 g/mol. The van der Waals surface area contributed by atoms with Gasteiger partial charge in [0, 0.05) is 32.2 Å². The zero-order valence-electron chi connectivity index (χ0n) is 12.1. The van der Waals surface area contributed by atoms with E-state index in [2.05, 4.69) is 9.46 Å². The molecule has 20 heavy (non-hydrogen) atoms. The molecule has 0 radical (unpaired) electrons. The van der Waals surface area contributed by atoms with Crippen LogP contribution in [-0.4, -0.2) is 57.7 Å². The van der Waals surface area contributed by atoms with Gasteiger partial charge in [-0.3, -0.25) is 4.79 Å². The quantitative estimate of drug-likeness (QED) is 0.609. The number of ether oxygens (including phenoxy) is 1. The van der Waals surface area contributed by atoms with E-state index in [-0.39, 0.29) is 31.5 Å². The molecule has 2 N–H and O–H groups in total. The van der Waals surface area contributed by atoms with Crippen molar-refractivity contribution < 1.29 is 23.1 Å². The Morgan fingerprint density at radius 3 is 2.50 bits per heavy atom. The third kappa shape index (κ3) is 4.69. The van der Waals surface area contributed by atoms with Gasteiger partial charge in [0.1, 0.15) is 0 Å². The molecule has 1 rings (SSSR count). The Morgan fingerprint density at radius 1 is 1.40 bits per heavy atom. The van der Waals surface area contributed by atoms with Crippen LogP contribution < -0.4 is 4.72 Å². The zero-order valence-corrected chi connectivity index (χ0v) is 12.9. The first kappa shape index (κ1) is 17.4. The van der Waals surface area contributed by atoms with Crippen LogP contribution >= 0.6 is 0 Å². The number of nitrogens with zero attached hydrogens (tertiary/aromatic N) is 1. The molecule has 0 aromatic carbocycles. The van der Waals surface area contributed by atoms with Crippen molar-refractivity contribution in [1.29, 1.82) is 0 Å². The molecule has 0 unspecified atom stereocenters. The normalized spacial score (nSPS) is 18.4. The predicted molar refractivity (Wildman–Crippen MR) is 74.2 cm³/mol. The molecule has 0 saturated heterocycles. The number of aliphatic hydroxyl groups is 1. The molecule has 8 heteroatoms. The third-order valence-electron chi connectivity index (χ3n) is 3.90. The van der Waals surface area contributed by atoms with Gasteiger partial charge < -0.3 is 9.84 Å². The molecule has 0 spiro atoms. The molecule has 1 aliphatic carbocycles. The summed E-state index contributed by atoms with van der Waals surface area (Å²) in [4.78, 5) is 11.0. The summed E-state index contributed by atoms with van der Waals surface area (Å²) in [6, 6.07) is 0. The minimum atomic E-state index is -3.64. The summed E-state index contributed by atoms with van der Waals surface area (Å²) in [6.07, 6.45) is 3.70. The Hall–Kier alpha value is -0.700. The lowest BCUT2D eigenvalue weighted by atomic mass is 9.88. The van der Waals surface area contributed by atoms with Gasteiger partial charge in [-0.05, 0) is 12.8 Å². The number of esters is 1. The summed E-state index contributed by atoms with van der Waals surface area (Å²) in [5.74, 6) is -0.449. The van der Waals surface area contributed by atoms with Crippen molar-refractivity contribution in [2.45, 2.75) is 32.1 Å². The Labute approximate surface area is 120 Å². The lowest BCUT2D eigenvalue weighted by Gasteiger charge is -2.28. The molecular weight excluding hydrogens is 284 g/mol. The van der Waals surface area contributed by atoms with Crippen molar-refractivity contribution in [2.24, 2.45) is 5.41 Å². The molecule has 0 aliphatic heterocycles. The summed E-state index contributed by atoms with van der Waals surface area (Å²) in [6.45, 7) is 0.282. The van der Waals surface area contributed by atoms with Crippen LogP contribution in [0.2, 0.25) is 0 Å². The minimum absolute atomic E-state index is 0.0125. The average Bonchev–Trinajstić information content (AvgIpc) is 2.91. The lowest BCUT2D eigenvalue weighted by Crippen LogP contribution is -2.44. The highest BCUT2D eigenvalue weighted by atomic mass is 32.2. The molecule has 1 saturated carbocycles. The number of methoxy groups -OCH3 is 1. The van der Waals surface area contributed by atoms with Crippen LogP contribution in [0.5, 0.6) is 0 Å². The number of nitrogens with one attached hydrogen (secondary N) is 1. The van der Waals surface area contributed by atoms with Gasteiger partial charge in [-0.1, -0.05) is 12.8 Å². The third-order valence-corrected chi connectivity index (χ3v) is 5.41. The highest BCUT2D eigenvalue weighted by Gasteiger charge is 2.34. The van der Waals surface area contributed by atoms with Crippen molar-refractivity contribution in [1.82, 2.24) is 9.03 Å². The van der Waals surface area contributed by atoms with Gasteiger partial charge in [-0.25, -0.2) is 4.72 Å². The summed E-state index contributed by atoms with van der Waals surface area (Å²) >= 11 is 0. The Morgan fingerprint density at radius 2 is 2.00 bits per heavy atom. The van der Waals surface area contributed by atoms with Crippen molar-refractivity contribution in [3.05, 3.63) is 0 Å². The van der Waals surface area contributed by atoms with Crippen LogP contribution in [0.15, 0.2) is 0 Å². The van der Waals surface area contributed by atoms with Crippen LogP contribution in [0.25, 0.3) is 0 Å². The summed E-state index contributed by atoms with van der Waals surface area (Å²) < 4.78 is 32.1. The lowest BCUT2D eigenvalue weighted by molar-refractivity contribution is -0.140. The fourth-order valence-electron chi connectivity index (χ4n) is 2.34. The minimum Gasteiger partial charge on any atom is -0.469 e. The van der Waals surface area contributed by atoms with E-state index in [1.54, 1.807) is 0 Å². The Kier molecular flexibility index (Phi) is 6.38.